The van der Waals surface area contributed by atoms with Crippen LogP contribution in [0.4, 0.5) is 0 Å². The lowest BCUT2D eigenvalue weighted by atomic mass is 9.48. The molecule has 0 radical (unpaired) electrons. The largest absolute Gasteiger partial charge is 0.393 e. The Labute approximate surface area is 180 Å². The first-order valence-corrected chi connectivity index (χ1v) is 11.9. The number of nitrogens with zero attached hydrogens (tertiary/aromatic N) is 2. The number of rotatable bonds is 2. The molecule has 3 saturated carbocycles. The van der Waals surface area contributed by atoms with E-state index in [1.54, 1.807) is 0 Å². The topological polar surface area (TPSA) is 55.1 Å². The van der Waals surface area contributed by atoms with E-state index in [2.05, 4.69) is 44.2 Å². The van der Waals surface area contributed by atoms with E-state index in [1.165, 1.54) is 5.57 Å². The number of fused-ring (bicyclic) bond motifs is 5. The Bertz CT molecular complexity index is 941. The molecule has 4 aliphatic rings. The van der Waals surface area contributed by atoms with Gasteiger partial charge in [-0.25, -0.2) is 0 Å². The van der Waals surface area contributed by atoms with Crippen LogP contribution in [0, 0.1) is 35.5 Å². The van der Waals surface area contributed by atoms with Gasteiger partial charge in [0.1, 0.15) is 0 Å². The van der Waals surface area contributed by atoms with E-state index < -0.39 is 0 Å². The quantitative estimate of drug-likeness (QED) is 0.547. The number of aryl methyl sites for hydroxylation is 2. The minimum atomic E-state index is -0.211. The minimum absolute atomic E-state index is 0.162. The van der Waals surface area contributed by atoms with Crippen molar-refractivity contribution in [3.63, 3.8) is 0 Å². The van der Waals surface area contributed by atoms with Crippen molar-refractivity contribution in [2.24, 2.45) is 28.6 Å². The Morgan fingerprint density at radius 3 is 2.70 bits per heavy atom. The Hall–Kier alpha value is -1.68. The van der Waals surface area contributed by atoms with Crippen LogP contribution >= 0.6 is 0 Å². The minimum Gasteiger partial charge on any atom is -0.393 e. The van der Waals surface area contributed by atoms with Crippen molar-refractivity contribution in [2.45, 2.75) is 85.3 Å². The van der Waals surface area contributed by atoms with E-state index in [4.69, 9.17) is 0 Å². The summed E-state index contributed by atoms with van der Waals surface area (Å²) in [5.41, 5.74) is 4.62. The highest BCUT2D eigenvalue weighted by Crippen LogP contribution is 2.64. The van der Waals surface area contributed by atoms with Crippen LogP contribution in [0.5, 0.6) is 0 Å². The fraction of sp³-hybridized carbons (Fsp3) is 0.692. The summed E-state index contributed by atoms with van der Waals surface area (Å²) in [6.07, 6.45) is 13.5. The average Bonchev–Trinajstić information content (AvgIpc) is 3.20. The molecule has 1 heterocycles. The molecule has 4 heteroatoms. The van der Waals surface area contributed by atoms with Crippen molar-refractivity contribution >= 4 is 11.9 Å². The van der Waals surface area contributed by atoms with E-state index in [9.17, 15) is 9.90 Å². The molecule has 0 saturated heterocycles. The highest BCUT2D eigenvalue weighted by Gasteiger charge is 2.59. The van der Waals surface area contributed by atoms with Crippen LogP contribution in [0.25, 0.3) is 6.08 Å². The van der Waals surface area contributed by atoms with E-state index >= 15 is 0 Å². The van der Waals surface area contributed by atoms with Crippen LogP contribution in [-0.2, 0) is 11.3 Å². The van der Waals surface area contributed by atoms with E-state index in [1.807, 2.05) is 11.6 Å². The number of aromatic nitrogens is 2. The lowest BCUT2D eigenvalue weighted by Gasteiger charge is -2.56. The molecule has 0 bridgehead atoms. The molecule has 1 aromatic heterocycles. The zero-order valence-corrected chi connectivity index (χ0v) is 18.9. The molecule has 6 atom stereocenters. The van der Waals surface area contributed by atoms with Gasteiger partial charge in [0, 0.05) is 23.7 Å². The van der Waals surface area contributed by atoms with Crippen LogP contribution in [0.1, 0.15) is 77.0 Å². The number of aliphatic hydroxyl groups excluding tert-OH is 1. The van der Waals surface area contributed by atoms with Crippen molar-refractivity contribution in [1.29, 1.82) is 0 Å². The maximum Gasteiger partial charge on any atom is 0.165 e. The summed E-state index contributed by atoms with van der Waals surface area (Å²) in [4.78, 5) is 13.6. The number of aliphatic hydroxyl groups is 1. The molecule has 5 rings (SSSR count). The Kier molecular flexibility index (Phi) is 4.66. The van der Waals surface area contributed by atoms with Gasteiger partial charge in [-0.15, -0.1) is 0 Å². The smallest absolute Gasteiger partial charge is 0.165 e. The van der Waals surface area contributed by atoms with Crippen LogP contribution in [0.3, 0.4) is 0 Å². The number of hydrogen-bond donors (Lipinski definition) is 1. The number of allylic oxidation sites excluding steroid dienone is 2. The highest BCUT2D eigenvalue weighted by atomic mass is 16.3. The molecular formula is C26H36N2O2. The first-order chi connectivity index (χ1) is 14.3. The normalized spacial score (nSPS) is 42.0. The molecule has 30 heavy (non-hydrogen) atoms. The third kappa shape index (κ3) is 2.82. The molecule has 0 spiro atoms. The number of hydrogen-bond acceptors (Lipinski definition) is 3. The molecule has 0 aromatic carbocycles. The summed E-state index contributed by atoms with van der Waals surface area (Å²) in [5.74, 6) is 2.06. The van der Waals surface area contributed by atoms with Gasteiger partial charge in [0.05, 0.1) is 11.8 Å². The summed E-state index contributed by atoms with van der Waals surface area (Å²) >= 11 is 0. The van der Waals surface area contributed by atoms with Gasteiger partial charge in [0.2, 0.25) is 0 Å². The van der Waals surface area contributed by atoms with E-state index in [-0.39, 0.29) is 16.9 Å². The fourth-order valence-electron chi connectivity index (χ4n) is 7.47. The maximum atomic E-state index is 13.6. The third-order valence-electron chi connectivity index (χ3n) is 9.36. The van der Waals surface area contributed by atoms with Gasteiger partial charge < -0.3 is 5.11 Å². The lowest BCUT2D eigenvalue weighted by Crippen LogP contribution is -2.50. The summed E-state index contributed by atoms with van der Waals surface area (Å²) in [6, 6.07) is 0. The lowest BCUT2D eigenvalue weighted by molar-refractivity contribution is -0.130. The molecule has 3 fully saturated rings. The Morgan fingerprint density at radius 1 is 1.20 bits per heavy atom. The second-order valence-corrected chi connectivity index (χ2v) is 10.8. The van der Waals surface area contributed by atoms with Gasteiger partial charge in [-0.3, -0.25) is 9.48 Å². The van der Waals surface area contributed by atoms with Gasteiger partial charge in [-0.1, -0.05) is 25.5 Å². The first kappa shape index (κ1) is 20.2. The standard InChI is InChI=1S/C26H36N2O2/c1-5-28-15-18(16(2)27-28)12-17-13-23-21-7-6-19-14-20(29)8-10-25(19,3)22(21)9-11-26(23,4)24(17)30/h6,12,15,20-23,29H,5,7-11,13-14H2,1-4H3/b17-12+/t20-,21-,22+,23+,25-,26+/m0/s1. The highest BCUT2D eigenvalue weighted by molar-refractivity contribution is 6.06. The third-order valence-corrected chi connectivity index (χ3v) is 9.36. The fourth-order valence-corrected chi connectivity index (χ4v) is 7.47. The average molecular weight is 409 g/mol. The predicted molar refractivity (Wildman–Crippen MR) is 119 cm³/mol. The summed E-state index contributed by atoms with van der Waals surface area (Å²) in [5, 5.41) is 14.8. The molecule has 0 amide bonds. The van der Waals surface area contributed by atoms with Crippen molar-refractivity contribution < 1.29 is 9.90 Å². The molecule has 4 nitrogen and oxygen atoms in total. The summed E-state index contributed by atoms with van der Waals surface area (Å²) in [7, 11) is 0. The number of carbonyl (C=O) groups excluding carboxylic acids is 1. The van der Waals surface area contributed by atoms with Crippen LogP contribution in [0.2, 0.25) is 0 Å². The number of Topliss-reactive ketones (excluding diaryl/α,β-unsaturated/α-hetero) is 1. The van der Waals surface area contributed by atoms with Crippen molar-refractivity contribution in [1.82, 2.24) is 9.78 Å². The number of carbonyl (C=O) groups is 1. The molecule has 162 valence electrons. The zero-order chi connectivity index (χ0) is 21.3. The van der Waals surface area contributed by atoms with Gasteiger partial charge in [-0.05, 0) is 93.6 Å². The molecular weight excluding hydrogens is 372 g/mol. The summed E-state index contributed by atoms with van der Waals surface area (Å²) in [6.45, 7) is 9.67. The molecule has 1 aromatic rings. The second-order valence-electron chi connectivity index (χ2n) is 10.8. The van der Waals surface area contributed by atoms with Gasteiger partial charge in [0.15, 0.2) is 5.78 Å². The maximum absolute atomic E-state index is 13.6. The van der Waals surface area contributed by atoms with Crippen molar-refractivity contribution in [3.8, 4) is 0 Å². The van der Waals surface area contributed by atoms with Crippen molar-refractivity contribution in [3.05, 3.63) is 34.7 Å². The van der Waals surface area contributed by atoms with Gasteiger partial charge in [-0.2, -0.15) is 5.10 Å². The van der Waals surface area contributed by atoms with E-state index in [0.717, 1.165) is 68.3 Å². The second kappa shape index (κ2) is 6.91. The molecule has 1 N–H and O–H groups in total. The Balaban J connectivity index is 1.48. The monoisotopic (exact) mass is 408 g/mol. The van der Waals surface area contributed by atoms with Crippen LogP contribution < -0.4 is 0 Å². The van der Waals surface area contributed by atoms with Crippen LogP contribution in [0.15, 0.2) is 23.4 Å². The molecule has 0 unspecified atom stereocenters. The van der Waals surface area contributed by atoms with Crippen molar-refractivity contribution in [2.75, 3.05) is 0 Å². The van der Waals surface area contributed by atoms with Crippen LogP contribution in [-0.4, -0.2) is 26.8 Å². The van der Waals surface area contributed by atoms with E-state index in [0.29, 0.717) is 23.5 Å². The number of ketones is 1. The molecule has 4 aliphatic carbocycles. The molecule has 0 aliphatic heterocycles. The first-order valence-electron chi connectivity index (χ1n) is 11.9. The van der Waals surface area contributed by atoms with Gasteiger partial charge >= 0.3 is 0 Å². The zero-order valence-electron chi connectivity index (χ0n) is 18.9. The van der Waals surface area contributed by atoms with Gasteiger partial charge in [0.25, 0.3) is 0 Å². The Morgan fingerprint density at radius 2 is 1.97 bits per heavy atom. The summed E-state index contributed by atoms with van der Waals surface area (Å²) < 4.78 is 1.96. The SMILES string of the molecule is CCn1cc(/C=C2\C[C@@H]3[C@H]4CC=C5C[C@@H](O)CC[C@]5(C)[C@@H]4CC[C@@]3(C)C2=O)c(C)n1. The predicted octanol–water partition coefficient (Wildman–Crippen LogP) is 5.10.